The van der Waals surface area contributed by atoms with Gasteiger partial charge in [0.25, 0.3) is 0 Å². The highest BCUT2D eigenvalue weighted by atomic mass is 31.2. The molecule has 1 aromatic carbocycles. The van der Waals surface area contributed by atoms with E-state index in [2.05, 4.69) is 5.32 Å². The van der Waals surface area contributed by atoms with E-state index >= 15 is 0 Å². The standard InChI is InChI=1S/C15H22NO6P/c1-4-10-11(5-2)13(16-14(17)9-23(19,20)21)8-7-12(10)15(18)22-6-3/h7-8H,4-6,9H2,1-3H3,(H,16,17)(H2,19,20,21). The van der Waals surface area contributed by atoms with Crippen molar-refractivity contribution in [2.24, 2.45) is 0 Å². The van der Waals surface area contributed by atoms with Gasteiger partial charge in [0, 0.05) is 5.69 Å². The van der Waals surface area contributed by atoms with Gasteiger partial charge in [-0.15, -0.1) is 0 Å². The number of hydrogen-bond donors (Lipinski definition) is 3. The lowest BCUT2D eigenvalue weighted by atomic mass is 9.95. The molecule has 0 atom stereocenters. The predicted octanol–water partition coefficient (Wildman–Crippen LogP) is 2.10. The van der Waals surface area contributed by atoms with Gasteiger partial charge in [0.2, 0.25) is 5.91 Å². The zero-order valence-electron chi connectivity index (χ0n) is 13.5. The summed E-state index contributed by atoms with van der Waals surface area (Å²) in [5.74, 6) is -1.19. The van der Waals surface area contributed by atoms with Gasteiger partial charge in [0.15, 0.2) is 0 Å². The third kappa shape index (κ3) is 5.46. The van der Waals surface area contributed by atoms with Gasteiger partial charge < -0.3 is 19.8 Å². The molecule has 0 aromatic heterocycles. The van der Waals surface area contributed by atoms with Crippen LogP contribution in [0.2, 0.25) is 0 Å². The topological polar surface area (TPSA) is 113 Å². The lowest BCUT2D eigenvalue weighted by molar-refractivity contribution is -0.114. The van der Waals surface area contributed by atoms with Crippen molar-refractivity contribution in [3.63, 3.8) is 0 Å². The number of hydrogen-bond acceptors (Lipinski definition) is 4. The van der Waals surface area contributed by atoms with Gasteiger partial charge in [-0.2, -0.15) is 0 Å². The molecule has 0 saturated carbocycles. The van der Waals surface area contributed by atoms with Crippen LogP contribution in [0.5, 0.6) is 0 Å². The monoisotopic (exact) mass is 343 g/mol. The Morgan fingerprint density at radius 1 is 1.13 bits per heavy atom. The van der Waals surface area contributed by atoms with Crippen LogP contribution in [0.1, 0.15) is 42.3 Å². The number of carbonyl (C=O) groups excluding carboxylic acids is 2. The molecule has 0 heterocycles. The number of esters is 1. The van der Waals surface area contributed by atoms with Crippen molar-refractivity contribution in [3.8, 4) is 0 Å². The Bertz CT molecular complexity index is 637. The van der Waals surface area contributed by atoms with Gasteiger partial charge in [-0.05, 0) is 43.0 Å². The molecule has 0 spiro atoms. The lowest BCUT2D eigenvalue weighted by Gasteiger charge is -2.17. The summed E-state index contributed by atoms with van der Waals surface area (Å²) in [7, 11) is -4.42. The number of amides is 1. The van der Waals surface area contributed by atoms with E-state index in [0.29, 0.717) is 24.1 Å². The van der Waals surface area contributed by atoms with E-state index in [1.165, 1.54) is 0 Å². The summed E-state index contributed by atoms with van der Waals surface area (Å²) in [6.07, 6.45) is 0.249. The Kier molecular flexibility index (Phi) is 6.94. The molecule has 0 aliphatic heterocycles. The first-order valence-electron chi connectivity index (χ1n) is 7.39. The van der Waals surface area contributed by atoms with Crippen LogP contribution in [0.4, 0.5) is 5.69 Å². The lowest BCUT2D eigenvalue weighted by Crippen LogP contribution is -2.19. The molecule has 8 heteroatoms. The van der Waals surface area contributed by atoms with Crippen molar-refractivity contribution in [1.82, 2.24) is 0 Å². The molecule has 0 bridgehead atoms. The summed E-state index contributed by atoms with van der Waals surface area (Å²) in [4.78, 5) is 41.4. The second-order valence-corrected chi connectivity index (χ2v) is 6.56. The molecule has 1 aromatic rings. The molecule has 3 N–H and O–H groups in total. The van der Waals surface area contributed by atoms with E-state index in [1.807, 2.05) is 13.8 Å². The van der Waals surface area contributed by atoms with E-state index in [9.17, 15) is 14.2 Å². The van der Waals surface area contributed by atoms with E-state index in [0.717, 1.165) is 11.1 Å². The fourth-order valence-electron chi connectivity index (χ4n) is 2.39. The van der Waals surface area contributed by atoms with Gasteiger partial charge in [-0.3, -0.25) is 9.36 Å². The van der Waals surface area contributed by atoms with Crippen LogP contribution in [0.3, 0.4) is 0 Å². The Morgan fingerprint density at radius 3 is 2.22 bits per heavy atom. The van der Waals surface area contributed by atoms with E-state index < -0.39 is 25.6 Å². The quantitative estimate of drug-likeness (QED) is 0.516. The van der Waals surface area contributed by atoms with Gasteiger partial charge >= 0.3 is 13.6 Å². The molecule has 128 valence electrons. The first-order valence-corrected chi connectivity index (χ1v) is 9.19. The average molecular weight is 343 g/mol. The molecule has 0 fully saturated rings. The van der Waals surface area contributed by atoms with Crippen LogP contribution in [0.25, 0.3) is 0 Å². The minimum absolute atomic E-state index is 0.268. The highest BCUT2D eigenvalue weighted by molar-refractivity contribution is 7.52. The Labute approximate surface area is 135 Å². The summed E-state index contributed by atoms with van der Waals surface area (Å²) >= 11 is 0. The van der Waals surface area contributed by atoms with Crippen LogP contribution >= 0.6 is 7.60 Å². The Hall–Kier alpha value is -1.69. The SMILES string of the molecule is CCOC(=O)c1ccc(NC(=O)CP(=O)(O)O)c(CC)c1CC. The molecule has 0 aliphatic rings. The van der Waals surface area contributed by atoms with Gasteiger partial charge in [0.1, 0.15) is 6.16 Å². The first kappa shape index (κ1) is 19.4. The smallest absolute Gasteiger partial charge is 0.338 e. The summed E-state index contributed by atoms with van der Waals surface area (Å²) in [6, 6.07) is 3.12. The molecule has 23 heavy (non-hydrogen) atoms. The van der Waals surface area contributed by atoms with Gasteiger partial charge in [-0.1, -0.05) is 13.8 Å². The zero-order valence-corrected chi connectivity index (χ0v) is 14.4. The minimum Gasteiger partial charge on any atom is -0.462 e. The van der Waals surface area contributed by atoms with Crippen molar-refractivity contribution in [2.45, 2.75) is 33.6 Å². The van der Waals surface area contributed by atoms with Crippen LogP contribution in [0.15, 0.2) is 12.1 Å². The van der Waals surface area contributed by atoms with E-state index in [4.69, 9.17) is 14.5 Å². The first-order chi connectivity index (χ1) is 10.7. The van der Waals surface area contributed by atoms with E-state index in [1.54, 1.807) is 19.1 Å². The normalized spacial score (nSPS) is 11.2. The highest BCUT2D eigenvalue weighted by Gasteiger charge is 2.22. The third-order valence-electron chi connectivity index (χ3n) is 3.26. The molecule has 7 nitrogen and oxygen atoms in total. The molecule has 0 saturated heterocycles. The molecular formula is C15H22NO6P. The van der Waals surface area contributed by atoms with Crippen molar-refractivity contribution >= 4 is 25.2 Å². The summed E-state index contributed by atoms with van der Waals surface area (Å²) < 4.78 is 15.9. The van der Waals surface area contributed by atoms with Crippen LogP contribution in [-0.2, 0) is 26.9 Å². The van der Waals surface area contributed by atoms with Crippen LogP contribution in [0, 0.1) is 0 Å². The van der Waals surface area contributed by atoms with Crippen molar-refractivity contribution in [2.75, 3.05) is 18.1 Å². The van der Waals surface area contributed by atoms with Crippen LogP contribution in [-0.4, -0.2) is 34.4 Å². The maximum atomic E-state index is 12.0. The minimum atomic E-state index is -4.42. The molecule has 0 aliphatic carbocycles. The number of anilines is 1. The van der Waals surface area contributed by atoms with Gasteiger partial charge in [-0.25, -0.2) is 4.79 Å². The predicted molar refractivity (Wildman–Crippen MR) is 86.7 cm³/mol. The summed E-state index contributed by atoms with van der Waals surface area (Å²) in [6.45, 7) is 5.76. The second kappa shape index (κ2) is 8.24. The fourth-order valence-corrected chi connectivity index (χ4v) is 2.85. The highest BCUT2D eigenvalue weighted by Crippen LogP contribution is 2.34. The van der Waals surface area contributed by atoms with Gasteiger partial charge in [0.05, 0.1) is 12.2 Å². The Balaban J connectivity index is 3.18. The number of benzene rings is 1. The largest absolute Gasteiger partial charge is 0.462 e. The number of nitrogens with one attached hydrogen (secondary N) is 1. The summed E-state index contributed by atoms with van der Waals surface area (Å²) in [5, 5.41) is 2.51. The Morgan fingerprint density at radius 2 is 1.74 bits per heavy atom. The maximum absolute atomic E-state index is 12.0. The number of rotatable bonds is 7. The molecular weight excluding hydrogens is 321 g/mol. The van der Waals surface area contributed by atoms with Crippen LogP contribution < -0.4 is 5.32 Å². The fraction of sp³-hybridized carbons (Fsp3) is 0.467. The third-order valence-corrected chi connectivity index (χ3v) is 3.96. The molecule has 1 amide bonds. The summed E-state index contributed by atoms with van der Waals surface area (Å²) in [5.41, 5.74) is 2.42. The van der Waals surface area contributed by atoms with Crippen molar-refractivity contribution in [1.29, 1.82) is 0 Å². The molecule has 0 unspecified atom stereocenters. The van der Waals surface area contributed by atoms with Crippen molar-refractivity contribution in [3.05, 3.63) is 28.8 Å². The van der Waals surface area contributed by atoms with Crippen molar-refractivity contribution < 1.29 is 28.7 Å². The molecule has 1 rings (SSSR count). The number of carbonyl (C=O) groups is 2. The van der Waals surface area contributed by atoms with E-state index in [-0.39, 0.29) is 6.61 Å². The maximum Gasteiger partial charge on any atom is 0.338 e. The second-order valence-electron chi connectivity index (χ2n) is 4.92. The molecule has 0 radical (unpaired) electrons. The number of ether oxygens (including phenoxy) is 1. The zero-order chi connectivity index (χ0) is 17.6. The average Bonchev–Trinajstić information content (AvgIpc) is 2.44.